The maximum atomic E-state index is 13.0. The lowest BCUT2D eigenvalue weighted by Gasteiger charge is -2.22. The summed E-state index contributed by atoms with van der Waals surface area (Å²) >= 11 is 6.13. The van der Waals surface area contributed by atoms with Gasteiger partial charge in [-0.2, -0.15) is 8.78 Å². The van der Waals surface area contributed by atoms with Gasteiger partial charge in [0, 0.05) is 17.0 Å². The molecule has 148 valence electrons. The fraction of sp³-hybridized carbons (Fsp3) is 0.278. The third kappa shape index (κ3) is 3.51. The van der Waals surface area contributed by atoms with Crippen LogP contribution in [-0.2, 0) is 16.4 Å². The second-order valence-electron chi connectivity index (χ2n) is 6.56. The van der Waals surface area contributed by atoms with Crippen molar-refractivity contribution in [2.24, 2.45) is 0 Å². The van der Waals surface area contributed by atoms with Crippen LogP contribution in [0.5, 0.6) is 5.75 Å². The van der Waals surface area contributed by atoms with Gasteiger partial charge in [-0.15, -0.1) is 0 Å². The highest BCUT2D eigenvalue weighted by Gasteiger charge is 2.32. The number of fused-ring (bicyclic) bond motifs is 3. The number of benzene rings is 2. The highest BCUT2D eigenvalue weighted by Crippen LogP contribution is 2.43. The Bertz CT molecular complexity index is 1160. The molecule has 0 radical (unpaired) electrons. The number of anilines is 1. The minimum atomic E-state index is -3.63. The first kappa shape index (κ1) is 18.9. The van der Waals surface area contributed by atoms with E-state index in [1.54, 1.807) is 18.2 Å². The Balaban J connectivity index is 1.92. The molecule has 28 heavy (non-hydrogen) atoms. The summed E-state index contributed by atoms with van der Waals surface area (Å²) < 4.78 is 58.7. The summed E-state index contributed by atoms with van der Waals surface area (Å²) in [4.78, 5) is 4.58. The van der Waals surface area contributed by atoms with Crippen LogP contribution in [-0.4, -0.2) is 30.8 Å². The number of hydrogen-bond donors (Lipinski definition) is 1. The lowest BCUT2D eigenvalue weighted by molar-refractivity contribution is -0.0506. The highest BCUT2D eigenvalue weighted by molar-refractivity contribution is 7.92. The van der Waals surface area contributed by atoms with Crippen LogP contribution in [0.1, 0.15) is 23.9 Å². The summed E-state index contributed by atoms with van der Waals surface area (Å²) in [6, 6.07) is 9.23. The number of aromatic nitrogens is 2. The highest BCUT2D eigenvalue weighted by atomic mass is 35.5. The number of imidazole rings is 1. The van der Waals surface area contributed by atoms with Gasteiger partial charge in [-0.1, -0.05) is 17.7 Å². The van der Waals surface area contributed by atoms with Crippen molar-refractivity contribution in [2.45, 2.75) is 25.5 Å². The van der Waals surface area contributed by atoms with Crippen molar-refractivity contribution in [1.29, 1.82) is 0 Å². The number of sulfonamides is 1. The van der Waals surface area contributed by atoms with Crippen LogP contribution in [0.2, 0.25) is 5.02 Å². The van der Waals surface area contributed by atoms with Gasteiger partial charge in [0.25, 0.3) is 0 Å². The maximum Gasteiger partial charge on any atom is 0.387 e. The number of halogens is 3. The maximum absolute atomic E-state index is 13.0. The second kappa shape index (κ2) is 6.89. The number of ether oxygens (including phenoxy) is 1. The molecule has 0 aliphatic carbocycles. The van der Waals surface area contributed by atoms with Crippen LogP contribution in [0.15, 0.2) is 36.4 Å². The number of nitrogens with zero attached hydrogens (tertiary/aromatic N) is 2. The van der Waals surface area contributed by atoms with Gasteiger partial charge in [-0.3, -0.25) is 4.72 Å². The molecular formula is C18H16ClF2N3O3S. The first-order chi connectivity index (χ1) is 13.2. The van der Waals surface area contributed by atoms with Crippen LogP contribution in [0.3, 0.4) is 0 Å². The number of rotatable bonds is 5. The summed E-state index contributed by atoms with van der Waals surface area (Å²) in [5.41, 5.74) is 2.02. The minimum Gasteiger partial charge on any atom is -0.434 e. The molecule has 2 heterocycles. The van der Waals surface area contributed by atoms with Crippen LogP contribution < -0.4 is 9.46 Å². The molecule has 1 aliphatic heterocycles. The fourth-order valence-corrected chi connectivity index (χ4v) is 4.43. The van der Waals surface area contributed by atoms with E-state index >= 15 is 0 Å². The van der Waals surface area contributed by atoms with Crippen LogP contribution >= 0.6 is 11.6 Å². The van der Waals surface area contributed by atoms with Gasteiger partial charge in [0.05, 0.1) is 29.0 Å². The van der Waals surface area contributed by atoms with E-state index in [0.29, 0.717) is 23.4 Å². The lowest BCUT2D eigenvalue weighted by Crippen LogP contribution is -2.16. The third-order valence-electron chi connectivity index (χ3n) is 4.59. The topological polar surface area (TPSA) is 73.2 Å². The summed E-state index contributed by atoms with van der Waals surface area (Å²) in [5.74, 6) is 0.699. The zero-order valence-corrected chi connectivity index (χ0v) is 16.3. The first-order valence-electron chi connectivity index (χ1n) is 8.45. The molecule has 1 aliphatic rings. The van der Waals surface area contributed by atoms with E-state index in [2.05, 4.69) is 9.71 Å². The van der Waals surface area contributed by atoms with Crippen molar-refractivity contribution in [2.75, 3.05) is 11.0 Å². The van der Waals surface area contributed by atoms with Gasteiger partial charge >= 0.3 is 6.61 Å². The van der Waals surface area contributed by atoms with Gasteiger partial charge in [-0.25, -0.2) is 13.4 Å². The average Bonchev–Trinajstić information content (AvgIpc) is 3.13. The summed E-state index contributed by atoms with van der Waals surface area (Å²) in [6.45, 7) is -3.04. The van der Waals surface area contributed by atoms with Crippen molar-refractivity contribution >= 4 is 38.3 Å². The Hall–Kier alpha value is -2.39. The molecule has 0 amide bonds. The summed E-state index contributed by atoms with van der Waals surface area (Å²) in [7, 11) is -3.63. The Labute approximate surface area is 165 Å². The van der Waals surface area contributed by atoms with Gasteiger partial charge < -0.3 is 9.30 Å². The molecule has 2 aromatic carbocycles. The molecule has 0 saturated carbocycles. The van der Waals surface area contributed by atoms with Crippen molar-refractivity contribution in [3.8, 4) is 5.75 Å². The number of alkyl halides is 2. The molecule has 4 rings (SSSR count). The summed E-state index contributed by atoms with van der Waals surface area (Å²) in [5, 5.41) is 0.521. The number of hydrogen-bond acceptors (Lipinski definition) is 4. The zero-order chi connectivity index (χ0) is 20.1. The minimum absolute atomic E-state index is 0.0784. The van der Waals surface area contributed by atoms with Gasteiger partial charge in [0.1, 0.15) is 11.6 Å². The van der Waals surface area contributed by atoms with Gasteiger partial charge in [-0.05, 0) is 36.8 Å². The standard InChI is InChI=1S/C18H16ClF2N3O3S/c1-28(25,26)23-12-3-2-4-15(27-18(20)21)17(12)13-7-8-16-22-11-6-5-10(19)9-14(11)24(13)16/h2-6,9,13,18,23H,7-8H2,1H3/t13-/m1/s1. The van der Waals surface area contributed by atoms with E-state index in [0.717, 1.165) is 23.1 Å². The van der Waals surface area contributed by atoms with Crippen molar-refractivity contribution in [3.63, 3.8) is 0 Å². The predicted molar refractivity (Wildman–Crippen MR) is 103 cm³/mol. The molecule has 0 spiro atoms. The Morgan fingerprint density at radius 3 is 2.82 bits per heavy atom. The molecule has 1 aromatic heterocycles. The Morgan fingerprint density at radius 1 is 1.32 bits per heavy atom. The molecule has 6 nitrogen and oxygen atoms in total. The predicted octanol–water partition coefficient (Wildman–Crippen LogP) is 4.20. The number of aryl methyl sites for hydroxylation is 1. The van der Waals surface area contributed by atoms with Crippen LogP contribution in [0.25, 0.3) is 11.0 Å². The first-order valence-corrected chi connectivity index (χ1v) is 10.7. The molecule has 1 atom stereocenters. The second-order valence-corrected chi connectivity index (χ2v) is 8.74. The van der Waals surface area contributed by atoms with Gasteiger partial charge in [0.15, 0.2) is 0 Å². The zero-order valence-electron chi connectivity index (χ0n) is 14.7. The van der Waals surface area contributed by atoms with E-state index < -0.39 is 22.7 Å². The molecule has 0 fully saturated rings. The van der Waals surface area contributed by atoms with E-state index in [9.17, 15) is 17.2 Å². The molecule has 1 N–H and O–H groups in total. The SMILES string of the molecule is CS(=O)(=O)Nc1cccc(OC(F)F)c1[C@H]1CCc2nc3ccc(Cl)cc3n21. The Kier molecular flexibility index (Phi) is 4.67. The molecule has 0 saturated heterocycles. The lowest BCUT2D eigenvalue weighted by atomic mass is 10.0. The molecule has 0 unspecified atom stereocenters. The quantitative estimate of drug-likeness (QED) is 0.662. The van der Waals surface area contributed by atoms with Crippen LogP contribution in [0, 0.1) is 0 Å². The third-order valence-corrected chi connectivity index (χ3v) is 5.41. The molecule has 0 bridgehead atoms. The fourth-order valence-electron chi connectivity index (χ4n) is 3.68. The van der Waals surface area contributed by atoms with Crippen molar-refractivity contribution < 1.29 is 21.9 Å². The molecular weight excluding hydrogens is 412 g/mol. The largest absolute Gasteiger partial charge is 0.434 e. The van der Waals surface area contributed by atoms with E-state index in [1.807, 2.05) is 4.57 Å². The van der Waals surface area contributed by atoms with Crippen molar-refractivity contribution in [1.82, 2.24) is 9.55 Å². The number of nitrogens with one attached hydrogen (secondary N) is 1. The van der Waals surface area contributed by atoms with Crippen LogP contribution in [0.4, 0.5) is 14.5 Å². The Morgan fingerprint density at radius 2 is 2.11 bits per heavy atom. The van der Waals surface area contributed by atoms with E-state index in [4.69, 9.17) is 16.3 Å². The summed E-state index contributed by atoms with van der Waals surface area (Å²) in [6.07, 6.45) is 2.18. The smallest absolute Gasteiger partial charge is 0.387 e. The van der Waals surface area contributed by atoms with Gasteiger partial charge in [0.2, 0.25) is 10.0 Å². The normalized spacial score (nSPS) is 16.5. The van der Waals surface area contributed by atoms with E-state index in [1.165, 1.54) is 18.2 Å². The van der Waals surface area contributed by atoms with Crippen molar-refractivity contribution in [3.05, 3.63) is 52.8 Å². The average molecular weight is 428 g/mol. The van der Waals surface area contributed by atoms with E-state index in [-0.39, 0.29) is 11.4 Å². The molecule has 3 aromatic rings. The monoisotopic (exact) mass is 427 g/mol. The molecule has 10 heteroatoms.